The van der Waals surface area contributed by atoms with Crippen LogP contribution in [0, 0.1) is 5.92 Å². The van der Waals surface area contributed by atoms with E-state index in [0.29, 0.717) is 6.42 Å². The molecule has 284 valence electrons. The molecule has 0 aromatic heterocycles. The molecule has 49 heavy (non-hydrogen) atoms. The summed E-state index contributed by atoms with van der Waals surface area (Å²) in [4.78, 5) is 60.3. The molecule has 0 heterocycles. The van der Waals surface area contributed by atoms with E-state index in [9.17, 15) is 28.8 Å². The number of hydrogen-bond donors (Lipinski definition) is 13. The molecule has 1 aromatic carbocycles. The molecule has 5 atom stereocenters. The molecule has 1 aromatic rings. The Kier molecular flexibility index (Phi) is 34.1. The van der Waals surface area contributed by atoms with Crippen LogP contribution in [-0.4, -0.2) is 132 Å². The SMILES string of the molecule is CC(C)C(N)C(=O)O.CSCCC(N)C(=O)O.NC(CSSCC(N)C(=O)O)C(=O)O.NC(Cc1ccc(O)cc1)C(=O)O.NCC(=O)O. The number of carbonyl (C=O) groups is 6. The van der Waals surface area contributed by atoms with Crippen LogP contribution in [0.2, 0.25) is 0 Å². The van der Waals surface area contributed by atoms with Crippen LogP contribution in [0.1, 0.15) is 25.8 Å². The van der Waals surface area contributed by atoms with Gasteiger partial charge in [-0.3, -0.25) is 28.8 Å². The number of phenolic OH excluding ortho intramolecular Hbond substituents is 1. The Bertz CT molecular complexity index is 1080. The highest BCUT2D eigenvalue weighted by molar-refractivity contribution is 8.76. The van der Waals surface area contributed by atoms with E-state index in [1.54, 1.807) is 37.7 Å². The fourth-order valence-corrected chi connectivity index (χ4v) is 4.73. The first-order chi connectivity index (χ1) is 22.5. The molecule has 0 aliphatic heterocycles. The summed E-state index contributed by atoms with van der Waals surface area (Å²) in [6.45, 7) is 3.28. The first-order valence-corrected chi connectivity index (χ1v) is 17.8. The van der Waals surface area contributed by atoms with Crippen LogP contribution in [0.4, 0.5) is 0 Å². The molecule has 1 rings (SSSR count). The minimum atomic E-state index is -1.07. The molecule has 0 spiro atoms. The second kappa shape index (κ2) is 31.9. The molecular weight excluding hydrogens is 713 g/mol. The van der Waals surface area contributed by atoms with Gasteiger partial charge in [0.1, 0.15) is 36.0 Å². The van der Waals surface area contributed by atoms with Crippen molar-refractivity contribution in [3.05, 3.63) is 29.8 Å². The maximum absolute atomic E-state index is 10.4. The Hall–Kier alpha value is -3.35. The largest absolute Gasteiger partial charge is 0.508 e. The van der Waals surface area contributed by atoms with Crippen molar-refractivity contribution in [1.82, 2.24) is 0 Å². The third-order valence-corrected chi connectivity index (χ3v) is 8.17. The quantitative estimate of drug-likeness (QED) is 0.0652. The van der Waals surface area contributed by atoms with Crippen LogP contribution in [0.15, 0.2) is 24.3 Å². The maximum atomic E-state index is 10.4. The highest BCUT2D eigenvalue weighted by Gasteiger charge is 2.15. The van der Waals surface area contributed by atoms with Gasteiger partial charge in [0.25, 0.3) is 0 Å². The van der Waals surface area contributed by atoms with Crippen LogP contribution in [0.25, 0.3) is 0 Å². The van der Waals surface area contributed by atoms with Crippen molar-refractivity contribution in [3.8, 4) is 5.75 Å². The summed E-state index contributed by atoms with van der Waals surface area (Å²) < 4.78 is 0. The van der Waals surface area contributed by atoms with Crippen LogP contribution >= 0.6 is 33.3 Å². The van der Waals surface area contributed by atoms with Crippen molar-refractivity contribution in [2.75, 3.05) is 30.1 Å². The molecule has 5 unspecified atom stereocenters. The van der Waals surface area contributed by atoms with E-state index >= 15 is 0 Å². The van der Waals surface area contributed by atoms with E-state index in [1.807, 2.05) is 6.26 Å². The van der Waals surface area contributed by atoms with Gasteiger partial charge in [0, 0.05) is 11.5 Å². The van der Waals surface area contributed by atoms with Gasteiger partial charge in [-0.15, -0.1) is 0 Å². The van der Waals surface area contributed by atoms with Crippen molar-refractivity contribution < 1.29 is 64.5 Å². The Labute approximate surface area is 295 Å². The topological polar surface area (TPSA) is 400 Å². The number of nitrogens with two attached hydrogens (primary N) is 6. The molecule has 0 aliphatic carbocycles. The molecule has 0 amide bonds. The van der Waals surface area contributed by atoms with Gasteiger partial charge in [-0.1, -0.05) is 47.6 Å². The van der Waals surface area contributed by atoms with E-state index in [4.69, 9.17) is 64.4 Å². The summed E-state index contributed by atoms with van der Waals surface area (Å²) in [6, 6.07) is 2.18. The lowest BCUT2D eigenvalue weighted by Gasteiger charge is -2.07. The molecular formula is C27H50N6O13S3. The van der Waals surface area contributed by atoms with Gasteiger partial charge in [0.05, 0.1) is 6.54 Å². The number of phenols is 1. The summed E-state index contributed by atoms with van der Waals surface area (Å²) in [5.74, 6) is -4.52. The van der Waals surface area contributed by atoms with Gasteiger partial charge in [0.15, 0.2) is 0 Å². The zero-order valence-corrected chi connectivity index (χ0v) is 29.7. The van der Waals surface area contributed by atoms with Gasteiger partial charge in [-0.25, -0.2) is 0 Å². The van der Waals surface area contributed by atoms with E-state index < -0.39 is 66.0 Å². The number of thioether (sulfide) groups is 1. The maximum Gasteiger partial charge on any atom is 0.321 e. The highest BCUT2D eigenvalue weighted by Crippen LogP contribution is 2.22. The standard InChI is InChI=1S/C9H11NO3.C6H12N2O4S2.C5H11NO2S.C5H11NO2.C2H5NO2/c10-8(9(12)13)5-6-1-3-7(11)4-2-6;7-3(5(9)10)1-13-14-2-4(8)6(11)12;1-9-3-2-4(6)5(7)8;1-3(2)4(6)5(7)8;3-1-2(4)5/h1-4,8,11H,5,10H2,(H,12,13);3-4H,1-2,7-8H2,(H,9,10)(H,11,12);4H,2-3,6H2,1H3,(H,7,8);3-4H,6H2,1-2H3,(H,7,8);1,3H2,(H,4,5). The number of aliphatic carboxylic acids is 6. The summed E-state index contributed by atoms with van der Waals surface area (Å²) in [5.41, 5.74) is 31.5. The molecule has 0 fully saturated rings. The van der Waals surface area contributed by atoms with E-state index in [-0.39, 0.29) is 36.1 Å². The zero-order chi connectivity index (χ0) is 39.3. The fraction of sp³-hybridized carbons (Fsp3) is 0.556. The van der Waals surface area contributed by atoms with Gasteiger partial charge >= 0.3 is 35.8 Å². The lowest BCUT2D eigenvalue weighted by atomic mass is 10.1. The van der Waals surface area contributed by atoms with Gasteiger partial charge < -0.3 is 70.1 Å². The van der Waals surface area contributed by atoms with E-state index in [1.165, 1.54) is 33.7 Å². The number of hydrogen-bond acceptors (Lipinski definition) is 16. The van der Waals surface area contributed by atoms with Gasteiger partial charge in [-0.05, 0) is 48.5 Å². The van der Waals surface area contributed by atoms with Crippen LogP contribution in [0.3, 0.4) is 0 Å². The first kappa shape index (κ1) is 52.5. The molecule has 0 saturated heterocycles. The molecule has 0 bridgehead atoms. The number of rotatable bonds is 17. The van der Waals surface area contributed by atoms with Gasteiger partial charge in [0.2, 0.25) is 0 Å². The van der Waals surface area contributed by atoms with E-state index in [0.717, 1.165) is 11.3 Å². The average Bonchev–Trinajstić information content (AvgIpc) is 3.03. The van der Waals surface area contributed by atoms with Crippen LogP contribution in [-0.2, 0) is 35.2 Å². The molecule has 22 heteroatoms. The van der Waals surface area contributed by atoms with Crippen molar-refractivity contribution >= 4 is 69.2 Å². The fourth-order valence-electron chi connectivity index (χ4n) is 2.01. The Morgan fingerprint density at radius 3 is 1.27 bits per heavy atom. The Morgan fingerprint density at radius 2 is 1.02 bits per heavy atom. The highest BCUT2D eigenvalue weighted by atomic mass is 33.1. The van der Waals surface area contributed by atoms with Crippen molar-refractivity contribution in [3.63, 3.8) is 0 Å². The normalized spacial score (nSPS) is 12.9. The molecule has 0 radical (unpaired) electrons. The number of aromatic hydroxyl groups is 1. The monoisotopic (exact) mass is 762 g/mol. The summed E-state index contributed by atoms with van der Waals surface area (Å²) in [6.07, 6.45) is 2.75. The zero-order valence-electron chi connectivity index (χ0n) is 27.3. The lowest BCUT2D eigenvalue weighted by molar-refractivity contribution is -0.140. The number of carboxylic acids is 6. The lowest BCUT2D eigenvalue weighted by Crippen LogP contribution is -2.34. The summed E-state index contributed by atoms with van der Waals surface area (Å²) >= 11 is 1.60. The first-order valence-electron chi connectivity index (χ1n) is 13.9. The minimum Gasteiger partial charge on any atom is -0.508 e. The Morgan fingerprint density at radius 1 is 0.653 bits per heavy atom. The van der Waals surface area contributed by atoms with Crippen LogP contribution in [0.5, 0.6) is 5.75 Å². The van der Waals surface area contributed by atoms with Gasteiger partial charge in [-0.2, -0.15) is 11.8 Å². The second-order valence-electron chi connectivity index (χ2n) is 9.71. The van der Waals surface area contributed by atoms with Crippen molar-refractivity contribution in [2.45, 2.75) is 56.9 Å². The smallest absolute Gasteiger partial charge is 0.321 e. The average molecular weight is 763 g/mol. The summed E-state index contributed by atoms with van der Waals surface area (Å²) in [7, 11) is 2.41. The van der Waals surface area contributed by atoms with Crippen molar-refractivity contribution in [2.24, 2.45) is 40.3 Å². The van der Waals surface area contributed by atoms with Crippen LogP contribution < -0.4 is 34.4 Å². The molecule has 0 saturated carbocycles. The molecule has 19 N–H and O–H groups in total. The van der Waals surface area contributed by atoms with Crippen molar-refractivity contribution in [1.29, 1.82) is 0 Å². The third-order valence-electron chi connectivity index (χ3n) is 5.05. The predicted octanol–water partition coefficient (Wildman–Crippen LogP) is -1.23. The number of carboxylic acid groups (broad SMARTS) is 6. The minimum absolute atomic E-state index is 0.0208. The predicted molar refractivity (Wildman–Crippen MR) is 189 cm³/mol. The Balaban J connectivity index is -0.000000269. The summed E-state index contributed by atoms with van der Waals surface area (Å²) in [5, 5.41) is 58.4. The third kappa shape index (κ3) is 35.8. The molecule has 0 aliphatic rings. The number of benzene rings is 1. The molecule has 19 nitrogen and oxygen atoms in total. The second-order valence-corrected chi connectivity index (χ2v) is 13.2. The van der Waals surface area contributed by atoms with E-state index in [2.05, 4.69) is 5.73 Å².